The summed E-state index contributed by atoms with van der Waals surface area (Å²) in [6.07, 6.45) is -3.61. The number of halogens is 4. The molecule has 0 aliphatic rings. The van der Waals surface area contributed by atoms with Gasteiger partial charge >= 0.3 is 6.18 Å². The molecule has 0 spiro atoms. The van der Waals surface area contributed by atoms with Gasteiger partial charge in [0.25, 0.3) is 5.56 Å². The fourth-order valence-electron chi connectivity index (χ4n) is 1.61. The first kappa shape index (κ1) is 13.9. The van der Waals surface area contributed by atoms with Crippen LogP contribution in [0.3, 0.4) is 0 Å². The molecule has 1 aromatic carbocycles. The highest BCUT2D eigenvalue weighted by Crippen LogP contribution is 2.28. The second-order valence-corrected chi connectivity index (χ2v) is 4.92. The van der Waals surface area contributed by atoms with Crippen LogP contribution in [-0.2, 0) is 12.7 Å². The Morgan fingerprint density at radius 2 is 1.68 bits per heavy atom. The van der Waals surface area contributed by atoms with Gasteiger partial charge in [-0.3, -0.25) is 4.79 Å². The highest BCUT2D eigenvalue weighted by atomic mass is 79.9. The van der Waals surface area contributed by atoms with Crippen molar-refractivity contribution in [3.63, 3.8) is 0 Å². The van der Waals surface area contributed by atoms with Crippen LogP contribution < -0.4 is 5.56 Å². The molecule has 2 nitrogen and oxygen atoms in total. The molecule has 0 N–H and O–H groups in total. The quantitative estimate of drug-likeness (QED) is 0.822. The number of benzene rings is 1. The van der Waals surface area contributed by atoms with Crippen LogP contribution in [0.4, 0.5) is 13.2 Å². The van der Waals surface area contributed by atoms with Gasteiger partial charge in [-0.25, -0.2) is 0 Å². The molecule has 0 bridgehead atoms. The van der Waals surface area contributed by atoms with Gasteiger partial charge in [0.2, 0.25) is 0 Å². The van der Waals surface area contributed by atoms with E-state index < -0.39 is 17.3 Å². The minimum absolute atomic E-state index is 0.107. The Bertz CT molecular complexity index is 632. The molecule has 0 amide bonds. The minimum atomic E-state index is -4.45. The van der Waals surface area contributed by atoms with E-state index in [0.29, 0.717) is 0 Å². The minimum Gasteiger partial charge on any atom is -0.311 e. The molecule has 2 aromatic rings. The maximum Gasteiger partial charge on any atom is 0.417 e. The van der Waals surface area contributed by atoms with Crippen molar-refractivity contribution in [2.24, 2.45) is 0 Å². The van der Waals surface area contributed by atoms with Gasteiger partial charge in [0.15, 0.2) is 0 Å². The van der Waals surface area contributed by atoms with E-state index in [1.807, 2.05) is 0 Å². The zero-order valence-electron chi connectivity index (χ0n) is 9.62. The summed E-state index contributed by atoms with van der Waals surface area (Å²) >= 11 is 3.27. The predicted molar refractivity (Wildman–Crippen MR) is 68.9 cm³/mol. The predicted octanol–water partition coefficient (Wildman–Crippen LogP) is 3.68. The average molecular weight is 332 g/mol. The molecule has 0 unspecified atom stereocenters. The van der Waals surface area contributed by atoms with Crippen molar-refractivity contribution in [1.29, 1.82) is 0 Å². The number of aromatic nitrogens is 1. The number of nitrogens with zero attached hydrogens (tertiary/aromatic N) is 1. The Labute approximate surface area is 115 Å². The zero-order valence-corrected chi connectivity index (χ0v) is 11.2. The summed E-state index contributed by atoms with van der Waals surface area (Å²) < 4.78 is 39.6. The largest absolute Gasteiger partial charge is 0.417 e. The van der Waals surface area contributed by atoms with Crippen LogP contribution in [0.5, 0.6) is 0 Å². The Morgan fingerprint density at radius 1 is 1.05 bits per heavy atom. The lowest BCUT2D eigenvalue weighted by atomic mass is 10.2. The van der Waals surface area contributed by atoms with Gasteiger partial charge in [0, 0.05) is 16.7 Å². The molecule has 0 atom stereocenters. The Morgan fingerprint density at radius 3 is 2.26 bits per heavy atom. The van der Waals surface area contributed by atoms with Crippen LogP contribution in [0.25, 0.3) is 0 Å². The van der Waals surface area contributed by atoms with E-state index in [2.05, 4.69) is 15.9 Å². The Balaban J connectivity index is 2.34. The molecule has 0 fully saturated rings. The van der Waals surface area contributed by atoms with Crippen molar-refractivity contribution in [2.45, 2.75) is 12.7 Å². The summed E-state index contributed by atoms with van der Waals surface area (Å²) in [5.41, 5.74) is -0.537. The topological polar surface area (TPSA) is 22.0 Å². The molecule has 0 saturated carbocycles. The van der Waals surface area contributed by atoms with Crippen molar-refractivity contribution >= 4 is 15.9 Å². The standard InChI is InChI=1S/C13H9BrF3NO/c14-11-4-1-9(2-5-11)7-18-8-10(13(15,16)17)3-6-12(18)19/h1-6,8H,7H2. The molecule has 19 heavy (non-hydrogen) atoms. The third kappa shape index (κ3) is 3.47. The van der Waals surface area contributed by atoms with Crippen LogP contribution >= 0.6 is 15.9 Å². The monoisotopic (exact) mass is 331 g/mol. The Kier molecular flexibility index (Phi) is 3.80. The van der Waals surface area contributed by atoms with Gasteiger partial charge in [0.1, 0.15) is 0 Å². The van der Waals surface area contributed by atoms with Crippen LogP contribution in [0, 0.1) is 0 Å². The molecule has 0 radical (unpaired) electrons. The molecule has 0 saturated heterocycles. The van der Waals surface area contributed by atoms with E-state index in [1.54, 1.807) is 24.3 Å². The molecule has 0 aliphatic heterocycles. The van der Waals surface area contributed by atoms with Gasteiger partial charge in [0.05, 0.1) is 12.1 Å². The first-order chi connectivity index (χ1) is 8.86. The maximum absolute atomic E-state index is 12.6. The van der Waals surface area contributed by atoms with Gasteiger partial charge in [-0.15, -0.1) is 0 Å². The summed E-state index contributed by atoms with van der Waals surface area (Å²) in [6, 6.07) is 8.76. The Hall–Kier alpha value is -1.56. The molecule has 6 heteroatoms. The van der Waals surface area contributed by atoms with Crippen molar-refractivity contribution < 1.29 is 13.2 Å². The maximum atomic E-state index is 12.6. The SMILES string of the molecule is O=c1ccc(C(F)(F)F)cn1Cc1ccc(Br)cc1. The van der Waals surface area contributed by atoms with Crippen molar-refractivity contribution in [3.8, 4) is 0 Å². The molecule has 1 aromatic heterocycles. The van der Waals surface area contributed by atoms with Gasteiger partial charge in [-0.05, 0) is 23.8 Å². The number of pyridine rings is 1. The van der Waals surface area contributed by atoms with E-state index in [0.717, 1.165) is 32.9 Å². The molecule has 100 valence electrons. The lowest BCUT2D eigenvalue weighted by Gasteiger charge is -2.10. The molecule has 1 heterocycles. The average Bonchev–Trinajstić information content (AvgIpc) is 2.33. The van der Waals surface area contributed by atoms with Crippen molar-refractivity contribution in [2.75, 3.05) is 0 Å². The third-order valence-corrected chi connectivity index (χ3v) is 3.11. The number of hydrogen-bond acceptors (Lipinski definition) is 1. The number of alkyl halides is 3. The van der Waals surface area contributed by atoms with Crippen LogP contribution in [0.2, 0.25) is 0 Å². The molecule has 2 rings (SSSR count). The van der Waals surface area contributed by atoms with E-state index in [-0.39, 0.29) is 6.54 Å². The summed E-state index contributed by atoms with van der Waals surface area (Å²) in [4.78, 5) is 11.6. The highest BCUT2D eigenvalue weighted by molar-refractivity contribution is 9.10. The summed E-state index contributed by atoms with van der Waals surface area (Å²) in [5.74, 6) is 0. The summed E-state index contributed by atoms with van der Waals surface area (Å²) in [7, 11) is 0. The first-order valence-electron chi connectivity index (χ1n) is 5.38. The third-order valence-electron chi connectivity index (χ3n) is 2.58. The van der Waals surface area contributed by atoms with Gasteiger partial charge < -0.3 is 4.57 Å². The summed E-state index contributed by atoms with van der Waals surface area (Å²) in [6.45, 7) is 0.107. The van der Waals surface area contributed by atoms with Gasteiger partial charge in [-0.2, -0.15) is 13.2 Å². The van der Waals surface area contributed by atoms with E-state index in [1.165, 1.54) is 0 Å². The van der Waals surface area contributed by atoms with Crippen molar-refractivity contribution in [1.82, 2.24) is 4.57 Å². The zero-order chi connectivity index (χ0) is 14.0. The molecular weight excluding hydrogens is 323 g/mol. The lowest BCUT2D eigenvalue weighted by molar-refractivity contribution is -0.138. The van der Waals surface area contributed by atoms with E-state index in [4.69, 9.17) is 0 Å². The molecule has 0 aliphatic carbocycles. The van der Waals surface area contributed by atoms with Gasteiger partial charge in [-0.1, -0.05) is 28.1 Å². The van der Waals surface area contributed by atoms with E-state index in [9.17, 15) is 18.0 Å². The van der Waals surface area contributed by atoms with Crippen molar-refractivity contribution in [3.05, 3.63) is 68.5 Å². The lowest BCUT2D eigenvalue weighted by Crippen LogP contribution is -2.21. The second-order valence-electron chi connectivity index (χ2n) is 4.01. The van der Waals surface area contributed by atoms with Crippen LogP contribution in [0.15, 0.2) is 51.9 Å². The fourth-order valence-corrected chi connectivity index (χ4v) is 1.87. The summed E-state index contributed by atoms with van der Waals surface area (Å²) in [5, 5.41) is 0. The fraction of sp³-hybridized carbons (Fsp3) is 0.154. The normalized spacial score (nSPS) is 11.6. The second kappa shape index (κ2) is 5.21. The highest BCUT2D eigenvalue weighted by Gasteiger charge is 2.30. The molecular formula is C13H9BrF3NO. The van der Waals surface area contributed by atoms with Crippen LogP contribution in [0.1, 0.15) is 11.1 Å². The number of rotatable bonds is 2. The number of hydrogen-bond donors (Lipinski definition) is 0. The smallest absolute Gasteiger partial charge is 0.311 e. The van der Waals surface area contributed by atoms with E-state index >= 15 is 0 Å². The van der Waals surface area contributed by atoms with Crippen LogP contribution in [-0.4, -0.2) is 4.57 Å². The first-order valence-corrected chi connectivity index (χ1v) is 6.18.